The number of hydrogen-bond donors (Lipinski definition) is 2. The van der Waals surface area contributed by atoms with E-state index in [4.69, 9.17) is 5.11 Å². The Bertz CT molecular complexity index is 769. The summed E-state index contributed by atoms with van der Waals surface area (Å²) in [5.74, 6) is -0.0983. The number of pyridine rings is 1. The molecule has 144 valence electrons. The first-order valence-corrected chi connectivity index (χ1v) is 10.7. The Morgan fingerprint density at radius 2 is 2.22 bits per heavy atom. The number of likely N-dealkylation sites (tertiary alicyclic amines) is 1. The van der Waals surface area contributed by atoms with Gasteiger partial charge in [-0.15, -0.1) is 11.3 Å². The molecule has 2 aromatic heterocycles. The smallest absolute Gasteiger partial charge is 0.355 e. The van der Waals surface area contributed by atoms with E-state index in [1.54, 1.807) is 17.8 Å². The fraction of sp³-hybridized carbons (Fsp3) is 0.444. The van der Waals surface area contributed by atoms with Gasteiger partial charge >= 0.3 is 5.97 Å². The van der Waals surface area contributed by atoms with E-state index < -0.39 is 5.97 Å². The van der Waals surface area contributed by atoms with Gasteiger partial charge in [0, 0.05) is 49.1 Å². The molecule has 1 aliphatic rings. The van der Waals surface area contributed by atoms with Crippen LogP contribution in [0.3, 0.4) is 0 Å². The lowest BCUT2D eigenvalue weighted by atomic mass is 10.2. The second-order valence-corrected chi connectivity index (χ2v) is 8.44. The summed E-state index contributed by atoms with van der Waals surface area (Å²) in [4.78, 5) is 33.1. The van der Waals surface area contributed by atoms with Crippen LogP contribution >= 0.6 is 23.1 Å². The van der Waals surface area contributed by atoms with Crippen molar-refractivity contribution in [3.63, 3.8) is 0 Å². The van der Waals surface area contributed by atoms with E-state index in [9.17, 15) is 9.59 Å². The van der Waals surface area contributed by atoms with Crippen molar-refractivity contribution in [3.8, 4) is 0 Å². The minimum absolute atomic E-state index is 0.0797. The topological polar surface area (TPSA) is 95.4 Å². The van der Waals surface area contributed by atoms with E-state index in [1.165, 1.54) is 28.7 Å². The number of amides is 1. The predicted molar refractivity (Wildman–Crippen MR) is 105 cm³/mol. The monoisotopic (exact) mass is 406 g/mol. The zero-order chi connectivity index (χ0) is 19.1. The predicted octanol–water partition coefficient (Wildman–Crippen LogP) is 2.15. The molecule has 0 spiro atoms. The third-order valence-electron chi connectivity index (χ3n) is 4.43. The molecule has 1 saturated heterocycles. The Balaban J connectivity index is 1.40. The summed E-state index contributed by atoms with van der Waals surface area (Å²) < 4.78 is 0.728. The van der Waals surface area contributed by atoms with Gasteiger partial charge < -0.3 is 15.3 Å². The molecule has 9 heteroatoms. The normalized spacial score (nSPS) is 16.8. The van der Waals surface area contributed by atoms with Gasteiger partial charge in [-0.1, -0.05) is 11.8 Å². The Labute approximate surface area is 166 Å². The number of carboxylic acid groups (broad SMARTS) is 1. The molecule has 3 rings (SSSR count). The van der Waals surface area contributed by atoms with Crippen molar-refractivity contribution < 1.29 is 14.7 Å². The van der Waals surface area contributed by atoms with Crippen LogP contribution in [0.25, 0.3) is 0 Å². The van der Waals surface area contributed by atoms with E-state index in [2.05, 4.69) is 15.3 Å². The van der Waals surface area contributed by atoms with Crippen molar-refractivity contribution in [3.05, 3.63) is 41.2 Å². The van der Waals surface area contributed by atoms with Crippen LogP contribution in [-0.2, 0) is 11.2 Å². The third kappa shape index (κ3) is 5.75. The molecule has 27 heavy (non-hydrogen) atoms. The molecule has 7 nitrogen and oxygen atoms in total. The second kappa shape index (κ2) is 9.82. The SMILES string of the molecule is O=C(O)c1csc(SCCN2C(=O)CCC2CNCCc2ccncc2)n1. The number of rotatable bonds is 10. The zero-order valence-electron chi connectivity index (χ0n) is 14.8. The summed E-state index contributed by atoms with van der Waals surface area (Å²) in [6.45, 7) is 2.32. The number of carbonyl (C=O) groups is 2. The summed E-state index contributed by atoms with van der Waals surface area (Å²) in [6, 6.07) is 4.25. The first-order valence-electron chi connectivity index (χ1n) is 8.84. The van der Waals surface area contributed by atoms with Gasteiger partial charge in [-0.2, -0.15) is 0 Å². The van der Waals surface area contributed by atoms with E-state index >= 15 is 0 Å². The van der Waals surface area contributed by atoms with Gasteiger partial charge in [-0.3, -0.25) is 9.78 Å². The first kappa shape index (κ1) is 19.8. The molecule has 1 amide bonds. The molecule has 0 saturated carbocycles. The molecular weight excluding hydrogens is 384 g/mol. The molecule has 3 heterocycles. The number of hydrogen-bond acceptors (Lipinski definition) is 7. The lowest BCUT2D eigenvalue weighted by Crippen LogP contribution is -2.41. The summed E-state index contributed by atoms with van der Waals surface area (Å²) in [5.41, 5.74) is 1.33. The highest BCUT2D eigenvalue weighted by atomic mass is 32.2. The van der Waals surface area contributed by atoms with Crippen LogP contribution in [-0.4, -0.2) is 63.3 Å². The first-order chi connectivity index (χ1) is 13.1. The van der Waals surface area contributed by atoms with E-state index in [0.717, 1.165) is 30.3 Å². The van der Waals surface area contributed by atoms with Gasteiger partial charge in [-0.05, 0) is 37.1 Å². The Kier molecular flexibility index (Phi) is 7.19. The fourth-order valence-corrected chi connectivity index (χ4v) is 4.83. The minimum atomic E-state index is -1.01. The summed E-state index contributed by atoms with van der Waals surface area (Å²) in [5, 5.41) is 13.9. The van der Waals surface area contributed by atoms with Crippen LogP contribution in [0, 0.1) is 0 Å². The number of thioether (sulfide) groups is 1. The molecule has 0 aromatic carbocycles. The minimum Gasteiger partial charge on any atom is -0.476 e. The lowest BCUT2D eigenvalue weighted by Gasteiger charge is -2.25. The van der Waals surface area contributed by atoms with Gasteiger partial charge in [0.25, 0.3) is 0 Å². The van der Waals surface area contributed by atoms with Crippen LogP contribution in [0.2, 0.25) is 0 Å². The molecule has 1 aliphatic heterocycles. The van der Waals surface area contributed by atoms with Crippen LogP contribution < -0.4 is 5.32 Å². The Morgan fingerprint density at radius 1 is 1.41 bits per heavy atom. The van der Waals surface area contributed by atoms with Gasteiger partial charge in [0.1, 0.15) is 0 Å². The maximum absolute atomic E-state index is 12.2. The second-order valence-electron chi connectivity index (χ2n) is 6.24. The number of aromatic carboxylic acids is 1. The Hall–Kier alpha value is -1.97. The summed E-state index contributed by atoms with van der Waals surface area (Å²) in [6.07, 6.45) is 6.02. The molecule has 0 radical (unpaired) electrons. The van der Waals surface area contributed by atoms with Gasteiger partial charge in [0.15, 0.2) is 10.0 Å². The number of nitrogens with one attached hydrogen (secondary N) is 1. The number of carboxylic acids is 1. The maximum atomic E-state index is 12.2. The summed E-state index contributed by atoms with van der Waals surface area (Å²) in [7, 11) is 0. The fourth-order valence-electron chi connectivity index (χ4n) is 3.02. The van der Waals surface area contributed by atoms with E-state index in [0.29, 0.717) is 18.7 Å². The maximum Gasteiger partial charge on any atom is 0.355 e. The van der Waals surface area contributed by atoms with Gasteiger partial charge in [0.2, 0.25) is 5.91 Å². The molecule has 0 bridgehead atoms. The quantitative estimate of drug-likeness (QED) is 0.461. The standard InChI is InChI=1S/C18H22N4O3S2/c23-16-2-1-14(11-20-8-5-13-3-6-19-7-4-13)22(16)9-10-26-18-21-15(12-27-18)17(24)25/h3-4,6-7,12,14,20H,1-2,5,8-11H2,(H,24,25). The Morgan fingerprint density at radius 3 is 2.96 bits per heavy atom. The zero-order valence-corrected chi connectivity index (χ0v) is 16.5. The average molecular weight is 407 g/mol. The molecule has 0 aliphatic carbocycles. The molecular formula is C18H22N4O3S2. The highest BCUT2D eigenvalue weighted by Crippen LogP contribution is 2.24. The molecule has 1 atom stereocenters. The van der Waals surface area contributed by atoms with Crippen molar-refractivity contribution in [1.29, 1.82) is 0 Å². The molecule has 1 fully saturated rings. The number of nitrogens with zero attached hydrogens (tertiary/aromatic N) is 3. The number of aromatic nitrogens is 2. The largest absolute Gasteiger partial charge is 0.476 e. The van der Waals surface area contributed by atoms with Crippen molar-refractivity contribution in [2.75, 3.05) is 25.4 Å². The number of thiazole rings is 1. The van der Waals surface area contributed by atoms with Gasteiger partial charge in [0.05, 0.1) is 0 Å². The van der Waals surface area contributed by atoms with Crippen LogP contribution in [0.15, 0.2) is 34.2 Å². The van der Waals surface area contributed by atoms with Crippen LogP contribution in [0.5, 0.6) is 0 Å². The molecule has 2 aromatic rings. The van der Waals surface area contributed by atoms with Crippen LogP contribution in [0.1, 0.15) is 28.9 Å². The van der Waals surface area contributed by atoms with Crippen LogP contribution in [0.4, 0.5) is 0 Å². The summed E-state index contributed by atoms with van der Waals surface area (Å²) >= 11 is 2.83. The lowest BCUT2D eigenvalue weighted by molar-refractivity contribution is -0.128. The van der Waals surface area contributed by atoms with Crippen molar-refractivity contribution in [1.82, 2.24) is 20.2 Å². The van der Waals surface area contributed by atoms with Crippen molar-refractivity contribution >= 4 is 35.0 Å². The molecule has 2 N–H and O–H groups in total. The van der Waals surface area contributed by atoms with Gasteiger partial charge in [-0.25, -0.2) is 9.78 Å². The van der Waals surface area contributed by atoms with E-state index in [1.807, 2.05) is 17.0 Å². The van der Waals surface area contributed by atoms with Crippen molar-refractivity contribution in [2.24, 2.45) is 0 Å². The average Bonchev–Trinajstić information content (AvgIpc) is 3.28. The molecule has 1 unspecified atom stereocenters. The third-order valence-corrected chi connectivity index (χ3v) is 6.43. The van der Waals surface area contributed by atoms with E-state index in [-0.39, 0.29) is 17.6 Å². The number of carbonyl (C=O) groups excluding carboxylic acids is 1. The highest BCUT2D eigenvalue weighted by molar-refractivity contribution is 8.01. The van der Waals surface area contributed by atoms with Crippen molar-refractivity contribution in [2.45, 2.75) is 29.6 Å². The highest BCUT2D eigenvalue weighted by Gasteiger charge is 2.30.